The van der Waals surface area contributed by atoms with E-state index in [1.165, 1.54) is 25.3 Å². The number of esters is 1. The van der Waals surface area contributed by atoms with Crippen molar-refractivity contribution >= 4 is 18.0 Å². The Kier molecular flexibility index (Phi) is 4.83. The van der Waals surface area contributed by atoms with Gasteiger partial charge in [0.1, 0.15) is 0 Å². The van der Waals surface area contributed by atoms with Gasteiger partial charge < -0.3 is 10.1 Å². The van der Waals surface area contributed by atoms with Crippen LogP contribution in [-0.2, 0) is 14.3 Å². The smallest absolute Gasteiger partial charge is 0.331 e. The molecule has 1 amide bonds. The summed E-state index contributed by atoms with van der Waals surface area (Å²) in [5.41, 5.74) is 2.02. The number of ether oxygens (including phenoxy) is 1. The monoisotopic (exact) mass is 367 g/mol. The second kappa shape index (κ2) is 7.14. The number of carbonyl (C=O) groups excluding carboxylic acids is 2. The molecule has 4 fully saturated rings. The topological polar surface area (TPSA) is 55.4 Å². The van der Waals surface area contributed by atoms with Crippen LogP contribution >= 0.6 is 0 Å². The van der Waals surface area contributed by atoms with Crippen molar-refractivity contribution < 1.29 is 14.3 Å². The van der Waals surface area contributed by atoms with Gasteiger partial charge in [-0.2, -0.15) is 0 Å². The summed E-state index contributed by atoms with van der Waals surface area (Å²) in [5.74, 6) is 1.67. The minimum absolute atomic E-state index is 0.0517. The molecule has 4 saturated carbocycles. The minimum Gasteiger partial charge on any atom is -0.449 e. The third-order valence-corrected chi connectivity index (χ3v) is 6.54. The predicted octanol–water partition coefficient (Wildman–Crippen LogP) is 4.02. The molecule has 4 aliphatic carbocycles. The Morgan fingerprint density at radius 3 is 2.37 bits per heavy atom. The van der Waals surface area contributed by atoms with Crippen molar-refractivity contribution in [2.24, 2.45) is 17.8 Å². The zero-order valence-electron chi connectivity index (χ0n) is 16.2. The van der Waals surface area contributed by atoms with E-state index < -0.39 is 12.1 Å². The van der Waals surface area contributed by atoms with Crippen LogP contribution in [0.15, 0.2) is 30.3 Å². The normalized spacial score (nSPS) is 32.4. The number of hydrogen-bond acceptors (Lipinski definition) is 3. The van der Waals surface area contributed by atoms with Crippen molar-refractivity contribution in [3.8, 4) is 0 Å². The van der Waals surface area contributed by atoms with Crippen molar-refractivity contribution in [2.75, 3.05) is 0 Å². The van der Waals surface area contributed by atoms with Gasteiger partial charge in [-0.15, -0.1) is 0 Å². The number of aryl methyl sites for hydroxylation is 1. The lowest BCUT2D eigenvalue weighted by molar-refractivity contribution is -0.152. The molecule has 1 atom stereocenters. The Morgan fingerprint density at radius 1 is 1.15 bits per heavy atom. The molecular formula is C23H29NO3. The maximum atomic E-state index is 12.7. The molecule has 4 aliphatic rings. The summed E-state index contributed by atoms with van der Waals surface area (Å²) < 4.78 is 5.34. The van der Waals surface area contributed by atoms with Crippen LogP contribution in [0.2, 0.25) is 0 Å². The van der Waals surface area contributed by atoms with Gasteiger partial charge in [0.05, 0.1) is 0 Å². The van der Waals surface area contributed by atoms with Gasteiger partial charge in [-0.3, -0.25) is 4.79 Å². The quantitative estimate of drug-likeness (QED) is 0.632. The van der Waals surface area contributed by atoms with Gasteiger partial charge in [-0.1, -0.05) is 29.8 Å². The predicted molar refractivity (Wildman–Crippen MR) is 105 cm³/mol. The maximum absolute atomic E-state index is 12.7. The Bertz CT molecular complexity index is 731. The van der Waals surface area contributed by atoms with Crippen LogP contribution in [0.25, 0.3) is 6.08 Å². The Morgan fingerprint density at radius 2 is 1.78 bits per heavy atom. The minimum atomic E-state index is -0.771. The van der Waals surface area contributed by atoms with Crippen molar-refractivity contribution in [3.63, 3.8) is 0 Å². The van der Waals surface area contributed by atoms with E-state index in [2.05, 4.69) is 5.32 Å². The van der Waals surface area contributed by atoms with Crippen LogP contribution < -0.4 is 5.32 Å². The highest BCUT2D eigenvalue weighted by molar-refractivity contribution is 5.90. The molecule has 27 heavy (non-hydrogen) atoms. The third-order valence-electron chi connectivity index (χ3n) is 6.54. The zero-order chi connectivity index (χ0) is 19.0. The highest BCUT2D eigenvalue weighted by atomic mass is 16.5. The van der Waals surface area contributed by atoms with Gasteiger partial charge >= 0.3 is 5.97 Å². The Balaban J connectivity index is 1.32. The Hall–Kier alpha value is -2.10. The molecule has 0 unspecified atom stereocenters. The molecule has 5 rings (SSSR count). The molecular weight excluding hydrogens is 338 g/mol. The van der Waals surface area contributed by atoms with Crippen LogP contribution in [0.5, 0.6) is 0 Å². The molecule has 0 aliphatic heterocycles. The van der Waals surface area contributed by atoms with Crippen LogP contribution in [0, 0.1) is 24.7 Å². The fourth-order valence-electron chi connectivity index (χ4n) is 5.83. The maximum Gasteiger partial charge on any atom is 0.331 e. The molecule has 1 aromatic carbocycles. The first-order chi connectivity index (χ1) is 12.9. The summed E-state index contributed by atoms with van der Waals surface area (Å²) in [5, 5.41) is 3.27. The third kappa shape index (κ3) is 4.10. The standard InChI is InChI=1S/C23H29NO3/c1-15-4-3-5-17(8-15)6-7-21(25)27-16(2)22(26)24-23-12-18-9-19(13-23)11-20(10-18)14-23/h3-8,16,18-20H,9-14H2,1-2H3,(H,24,26)/b7-6+/t16-,18?,19?,20?,23?/m1/s1. The number of rotatable bonds is 5. The fourth-order valence-corrected chi connectivity index (χ4v) is 5.83. The van der Waals surface area contributed by atoms with Crippen LogP contribution in [0.3, 0.4) is 0 Å². The van der Waals surface area contributed by atoms with E-state index in [1.54, 1.807) is 13.0 Å². The van der Waals surface area contributed by atoms with Crippen LogP contribution in [0.4, 0.5) is 0 Å². The Labute approximate surface area is 161 Å². The van der Waals surface area contributed by atoms with Crippen molar-refractivity contribution in [1.29, 1.82) is 0 Å². The van der Waals surface area contributed by atoms with Crippen molar-refractivity contribution in [2.45, 2.75) is 64.0 Å². The lowest BCUT2D eigenvalue weighted by atomic mass is 9.53. The van der Waals surface area contributed by atoms with E-state index in [0.717, 1.165) is 48.1 Å². The van der Waals surface area contributed by atoms with Crippen molar-refractivity contribution in [1.82, 2.24) is 5.32 Å². The van der Waals surface area contributed by atoms with Gasteiger partial charge in [0.2, 0.25) is 0 Å². The summed E-state index contributed by atoms with van der Waals surface area (Å²) >= 11 is 0. The number of amides is 1. The number of nitrogens with one attached hydrogen (secondary N) is 1. The van der Waals surface area contributed by atoms with E-state index in [4.69, 9.17) is 4.74 Å². The van der Waals surface area contributed by atoms with E-state index in [0.29, 0.717) is 0 Å². The second-order valence-electron chi connectivity index (χ2n) is 9.01. The lowest BCUT2D eigenvalue weighted by Gasteiger charge is -2.57. The van der Waals surface area contributed by atoms with E-state index >= 15 is 0 Å². The summed E-state index contributed by atoms with van der Waals surface area (Å²) in [6.45, 7) is 3.67. The highest BCUT2D eigenvalue weighted by Gasteiger charge is 2.51. The fraction of sp³-hybridized carbons (Fsp3) is 0.565. The highest BCUT2D eigenvalue weighted by Crippen LogP contribution is 2.55. The number of carbonyl (C=O) groups is 2. The summed E-state index contributed by atoms with van der Waals surface area (Å²) in [4.78, 5) is 24.8. The van der Waals surface area contributed by atoms with E-state index in [-0.39, 0.29) is 11.4 Å². The molecule has 1 N–H and O–H groups in total. The van der Waals surface area contributed by atoms with Crippen molar-refractivity contribution in [3.05, 3.63) is 41.5 Å². The number of benzene rings is 1. The molecule has 4 nitrogen and oxygen atoms in total. The molecule has 0 saturated heterocycles. The summed E-state index contributed by atoms with van der Waals surface area (Å²) in [7, 11) is 0. The van der Waals surface area contributed by atoms with Gasteiger partial charge in [-0.05, 0) is 81.8 Å². The summed E-state index contributed by atoms with van der Waals surface area (Å²) in [6, 6.07) is 7.88. The van der Waals surface area contributed by atoms with Crippen LogP contribution in [-0.4, -0.2) is 23.5 Å². The molecule has 0 spiro atoms. The second-order valence-corrected chi connectivity index (χ2v) is 9.01. The molecule has 0 radical (unpaired) electrons. The molecule has 0 heterocycles. The SMILES string of the molecule is Cc1cccc(/C=C/C(=O)O[C@H](C)C(=O)NC23CC4CC(CC(C4)C2)C3)c1. The first-order valence-electron chi connectivity index (χ1n) is 10.2. The zero-order valence-corrected chi connectivity index (χ0v) is 16.2. The van der Waals surface area contributed by atoms with Gasteiger partial charge in [0, 0.05) is 11.6 Å². The van der Waals surface area contributed by atoms with E-state index in [9.17, 15) is 9.59 Å². The first-order valence-corrected chi connectivity index (χ1v) is 10.2. The average Bonchev–Trinajstić information content (AvgIpc) is 2.58. The average molecular weight is 367 g/mol. The molecule has 4 bridgehead atoms. The molecule has 1 aromatic rings. The van der Waals surface area contributed by atoms with Gasteiger partial charge in [-0.25, -0.2) is 4.79 Å². The van der Waals surface area contributed by atoms with Gasteiger partial charge in [0.25, 0.3) is 5.91 Å². The van der Waals surface area contributed by atoms with Crippen LogP contribution in [0.1, 0.15) is 56.6 Å². The first kappa shape index (κ1) is 18.3. The van der Waals surface area contributed by atoms with E-state index in [1.807, 2.05) is 31.2 Å². The molecule has 4 heteroatoms. The number of hydrogen-bond donors (Lipinski definition) is 1. The lowest BCUT2D eigenvalue weighted by Crippen LogP contribution is -2.61. The molecule has 0 aromatic heterocycles. The molecule has 144 valence electrons. The largest absolute Gasteiger partial charge is 0.449 e. The summed E-state index contributed by atoms with van der Waals surface area (Å²) in [6.07, 6.45) is 9.64. The van der Waals surface area contributed by atoms with Gasteiger partial charge in [0.15, 0.2) is 6.10 Å².